The van der Waals surface area contributed by atoms with E-state index in [9.17, 15) is 9.18 Å². The number of piperidine rings is 1. The number of rotatable bonds is 9. The van der Waals surface area contributed by atoms with Gasteiger partial charge in [0, 0.05) is 23.2 Å². The molecule has 4 heterocycles. The van der Waals surface area contributed by atoms with Crippen LogP contribution in [0.5, 0.6) is 5.88 Å². The molecule has 0 amide bonds. The van der Waals surface area contributed by atoms with Crippen molar-refractivity contribution in [3.8, 4) is 11.9 Å². The molecule has 0 spiro atoms. The number of hydrogen-bond donors (Lipinski definition) is 0. The summed E-state index contributed by atoms with van der Waals surface area (Å²) in [5.74, 6) is 1.25. The molecule has 46 heavy (non-hydrogen) atoms. The molecule has 0 bridgehead atoms. The molecule has 236 valence electrons. The highest BCUT2D eigenvalue weighted by atomic mass is 19.1. The first-order chi connectivity index (χ1) is 22.1. The number of hydrogen-bond acceptors (Lipinski definition) is 9. The summed E-state index contributed by atoms with van der Waals surface area (Å²) in [5, 5.41) is 8.96. The van der Waals surface area contributed by atoms with Gasteiger partial charge in [-0.1, -0.05) is 12.1 Å². The monoisotopic (exact) mass is 622 g/mol. The number of imidazole rings is 1. The fourth-order valence-electron chi connectivity index (χ4n) is 5.61. The molecule has 1 aliphatic heterocycles. The van der Waals surface area contributed by atoms with Gasteiger partial charge in [-0.3, -0.25) is 4.90 Å². The van der Waals surface area contributed by atoms with Crippen molar-refractivity contribution >= 4 is 17.0 Å². The second kappa shape index (κ2) is 13.1. The number of esters is 1. The summed E-state index contributed by atoms with van der Waals surface area (Å²) in [7, 11) is 0. The summed E-state index contributed by atoms with van der Waals surface area (Å²) in [6.45, 7) is 8.27. The number of nitriles is 1. The molecule has 6 rings (SSSR count). The summed E-state index contributed by atoms with van der Waals surface area (Å²) in [4.78, 5) is 29.2. The number of fused-ring (bicyclic) bond motifs is 1. The summed E-state index contributed by atoms with van der Waals surface area (Å²) in [5.41, 5.74) is 3.05. The normalized spacial score (nSPS) is 14.3. The van der Waals surface area contributed by atoms with E-state index in [-0.39, 0.29) is 24.1 Å². The predicted molar refractivity (Wildman–Crippen MR) is 167 cm³/mol. The molecule has 3 aromatic heterocycles. The van der Waals surface area contributed by atoms with Gasteiger partial charge in [0.1, 0.15) is 36.7 Å². The van der Waals surface area contributed by atoms with E-state index in [2.05, 4.69) is 14.5 Å². The largest absolute Gasteiger partial charge is 0.473 e. The Morgan fingerprint density at radius 2 is 1.91 bits per heavy atom. The van der Waals surface area contributed by atoms with E-state index >= 15 is 0 Å². The number of carbonyl (C=O) groups is 1. The Bertz CT molecular complexity index is 1880. The zero-order chi connectivity index (χ0) is 32.3. The fraction of sp³-hybridized carbons (Fsp3) is 0.343. The maximum atomic E-state index is 14.3. The Morgan fingerprint density at radius 1 is 1.09 bits per heavy atom. The van der Waals surface area contributed by atoms with Crippen molar-refractivity contribution < 1.29 is 23.1 Å². The van der Waals surface area contributed by atoms with E-state index in [1.54, 1.807) is 36.7 Å². The Kier molecular flexibility index (Phi) is 8.81. The third-order valence-electron chi connectivity index (χ3n) is 7.91. The number of carbonyl (C=O) groups excluding carboxylic acids is 1. The number of benzene rings is 2. The molecule has 11 heteroatoms. The van der Waals surface area contributed by atoms with Gasteiger partial charge >= 0.3 is 5.97 Å². The minimum atomic E-state index is -0.600. The molecule has 5 aromatic rings. The minimum absolute atomic E-state index is 0.0280. The summed E-state index contributed by atoms with van der Waals surface area (Å²) in [6, 6.07) is 17.4. The van der Waals surface area contributed by atoms with Crippen LogP contribution in [0, 0.1) is 17.1 Å². The molecule has 1 fully saturated rings. The van der Waals surface area contributed by atoms with Gasteiger partial charge in [0.05, 0.1) is 41.0 Å². The van der Waals surface area contributed by atoms with Crippen LogP contribution in [0.2, 0.25) is 0 Å². The number of halogens is 1. The predicted octanol–water partition coefficient (Wildman–Crippen LogP) is 6.39. The van der Waals surface area contributed by atoms with Crippen LogP contribution in [0.1, 0.15) is 78.4 Å². The van der Waals surface area contributed by atoms with E-state index in [1.807, 2.05) is 51.1 Å². The zero-order valence-electron chi connectivity index (χ0n) is 26.1. The highest BCUT2D eigenvalue weighted by molar-refractivity contribution is 5.94. The Labute approximate surface area is 266 Å². The van der Waals surface area contributed by atoms with E-state index in [0.717, 1.165) is 48.5 Å². The lowest BCUT2D eigenvalue weighted by Crippen LogP contribution is -2.33. The summed E-state index contributed by atoms with van der Waals surface area (Å²) >= 11 is 0. The van der Waals surface area contributed by atoms with Gasteiger partial charge in [-0.2, -0.15) is 5.26 Å². The average Bonchev–Trinajstić information content (AvgIpc) is 3.68. The molecule has 0 unspecified atom stereocenters. The minimum Gasteiger partial charge on any atom is -0.473 e. The lowest BCUT2D eigenvalue weighted by atomic mass is 9.93. The van der Waals surface area contributed by atoms with E-state index in [1.165, 1.54) is 6.07 Å². The van der Waals surface area contributed by atoms with Gasteiger partial charge in [-0.15, -0.1) is 0 Å². The van der Waals surface area contributed by atoms with Gasteiger partial charge in [0.25, 0.3) is 0 Å². The van der Waals surface area contributed by atoms with Crippen molar-refractivity contribution in [2.24, 2.45) is 0 Å². The number of oxazole rings is 1. The first kappa shape index (κ1) is 30.9. The quantitative estimate of drug-likeness (QED) is 0.172. The molecular weight excluding hydrogens is 587 g/mol. The number of pyridine rings is 1. The van der Waals surface area contributed by atoms with E-state index < -0.39 is 11.4 Å². The highest BCUT2D eigenvalue weighted by Gasteiger charge is 2.25. The van der Waals surface area contributed by atoms with Crippen LogP contribution in [-0.2, 0) is 24.4 Å². The van der Waals surface area contributed by atoms with Gasteiger partial charge in [0.15, 0.2) is 0 Å². The van der Waals surface area contributed by atoms with Gasteiger partial charge in [-0.25, -0.2) is 24.1 Å². The summed E-state index contributed by atoms with van der Waals surface area (Å²) in [6.07, 6.45) is 4.97. The van der Waals surface area contributed by atoms with Gasteiger partial charge in [-0.05, 0) is 83.1 Å². The van der Waals surface area contributed by atoms with Crippen LogP contribution in [0.4, 0.5) is 4.39 Å². The van der Waals surface area contributed by atoms with Crippen molar-refractivity contribution in [1.82, 2.24) is 24.4 Å². The van der Waals surface area contributed by atoms with Crippen LogP contribution in [0.25, 0.3) is 11.0 Å². The van der Waals surface area contributed by atoms with Crippen molar-refractivity contribution in [2.75, 3.05) is 13.1 Å². The maximum Gasteiger partial charge on any atom is 0.338 e. The molecule has 0 atom stereocenters. The molecule has 1 saturated heterocycles. The second-order valence-electron chi connectivity index (χ2n) is 12.4. The SMILES string of the molecule is CC(C)(C)OC(=O)c1ccc2nc(CN3CCC(c4cccc(OCc5ccc(C#N)cc5F)n4)CC3)n(Cc3ncco3)c2c1. The maximum absolute atomic E-state index is 14.3. The standard InChI is InChI=1S/C35H35FN6O4/c1-35(2,3)46-34(43)25-9-10-29-30(18-25)42(21-33-38-13-16-44-33)31(39-29)20-41-14-11-24(12-15-41)28-5-4-6-32(40-28)45-22-26-8-7-23(19-37)17-27(26)36/h4-10,13,16-18,24H,11-12,14-15,20-22H2,1-3H3. The van der Waals surface area contributed by atoms with Crippen LogP contribution >= 0.6 is 0 Å². The first-order valence-electron chi connectivity index (χ1n) is 15.3. The van der Waals surface area contributed by atoms with Crippen molar-refractivity contribution in [3.63, 3.8) is 0 Å². The lowest BCUT2D eigenvalue weighted by molar-refractivity contribution is 0.00696. The molecular formula is C35H35FN6O4. The van der Waals surface area contributed by atoms with Crippen molar-refractivity contribution in [2.45, 2.75) is 64.8 Å². The van der Waals surface area contributed by atoms with Gasteiger partial charge in [0.2, 0.25) is 11.8 Å². The zero-order valence-corrected chi connectivity index (χ0v) is 26.1. The van der Waals surface area contributed by atoms with Crippen LogP contribution < -0.4 is 4.74 Å². The Morgan fingerprint density at radius 3 is 2.63 bits per heavy atom. The third kappa shape index (κ3) is 7.24. The van der Waals surface area contributed by atoms with Crippen molar-refractivity contribution in [1.29, 1.82) is 5.26 Å². The second-order valence-corrected chi connectivity index (χ2v) is 12.4. The number of likely N-dealkylation sites (tertiary alicyclic amines) is 1. The molecule has 0 radical (unpaired) electrons. The van der Waals surface area contributed by atoms with Crippen LogP contribution in [0.3, 0.4) is 0 Å². The lowest BCUT2D eigenvalue weighted by Gasteiger charge is -2.31. The molecule has 10 nitrogen and oxygen atoms in total. The number of aromatic nitrogens is 4. The molecule has 0 aliphatic carbocycles. The molecule has 0 saturated carbocycles. The van der Waals surface area contributed by atoms with Gasteiger partial charge < -0.3 is 18.5 Å². The van der Waals surface area contributed by atoms with Crippen molar-refractivity contribution in [3.05, 3.63) is 107 Å². The number of nitrogens with zero attached hydrogens (tertiary/aromatic N) is 6. The number of ether oxygens (including phenoxy) is 2. The Hall–Kier alpha value is -5.08. The third-order valence-corrected chi connectivity index (χ3v) is 7.91. The first-order valence-corrected chi connectivity index (χ1v) is 15.3. The topological polar surface area (TPSA) is 119 Å². The summed E-state index contributed by atoms with van der Waals surface area (Å²) < 4.78 is 33.3. The molecule has 1 aliphatic rings. The Balaban J connectivity index is 1.13. The smallest absolute Gasteiger partial charge is 0.338 e. The average molecular weight is 623 g/mol. The van der Waals surface area contributed by atoms with E-state index in [0.29, 0.717) is 36.0 Å². The molecule has 0 N–H and O–H groups in total. The van der Waals surface area contributed by atoms with Crippen LogP contribution in [0.15, 0.2) is 71.5 Å². The highest BCUT2D eigenvalue weighted by Crippen LogP contribution is 2.30. The fourth-order valence-corrected chi connectivity index (χ4v) is 5.61. The van der Waals surface area contributed by atoms with Crippen LogP contribution in [-0.4, -0.2) is 49.1 Å². The molecule has 2 aromatic carbocycles. The van der Waals surface area contributed by atoms with E-state index in [4.69, 9.17) is 29.1 Å².